The Bertz CT molecular complexity index is 1010. The zero-order chi connectivity index (χ0) is 24.6. The third-order valence-corrected chi connectivity index (χ3v) is 6.94. The van der Waals surface area contributed by atoms with Gasteiger partial charge in [0.2, 0.25) is 0 Å². The van der Waals surface area contributed by atoms with Gasteiger partial charge in [0.15, 0.2) is 0 Å². The Morgan fingerprint density at radius 3 is 2.66 bits per heavy atom. The molecule has 3 heterocycles. The third-order valence-electron chi connectivity index (χ3n) is 6.94. The first-order valence-electron chi connectivity index (χ1n) is 12.5. The second kappa shape index (κ2) is 12.2. The molecule has 0 N–H and O–H groups in total. The van der Waals surface area contributed by atoms with E-state index < -0.39 is 0 Å². The molecule has 4 rings (SSSR count). The summed E-state index contributed by atoms with van der Waals surface area (Å²) in [5.41, 5.74) is 3.32. The van der Waals surface area contributed by atoms with Crippen LogP contribution in [-0.4, -0.2) is 85.7 Å². The third kappa shape index (κ3) is 6.25. The molecule has 35 heavy (non-hydrogen) atoms. The minimum Gasteiger partial charge on any atom is -0.381 e. The molecular formula is C27H36N4O4. The normalized spacial score (nSPS) is 18.6. The summed E-state index contributed by atoms with van der Waals surface area (Å²) in [4.78, 5) is 37.2. The Hall–Kier alpha value is -2.81. The fourth-order valence-electron chi connectivity index (χ4n) is 5.04. The highest BCUT2D eigenvalue weighted by Gasteiger charge is 2.27. The minimum atomic E-state index is -0.0698. The highest BCUT2D eigenvalue weighted by atomic mass is 16.5. The SMILES string of the molecule is COCC(=O)N1CCCN(C2CCOCC2)CCN(C(=O)c2ccncc2C)Cc2ccccc21. The number of para-hydroxylation sites is 1. The van der Waals surface area contributed by atoms with Crippen LogP contribution in [0.3, 0.4) is 0 Å². The first-order valence-corrected chi connectivity index (χ1v) is 12.5. The van der Waals surface area contributed by atoms with E-state index in [0.29, 0.717) is 31.2 Å². The number of methoxy groups -OCH3 is 1. The lowest BCUT2D eigenvalue weighted by atomic mass is 10.1. The second-order valence-corrected chi connectivity index (χ2v) is 9.26. The largest absolute Gasteiger partial charge is 0.381 e. The average molecular weight is 481 g/mol. The standard InChI is InChI=1S/C27H36N4O4/c1-21-18-28-11-8-24(21)27(33)30-15-14-29(23-9-16-35-17-10-23)12-5-13-31(26(32)20-34-2)25-7-4-3-6-22(25)19-30/h3-4,6-8,11,18,23H,5,9-10,12-17,19-20H2,1-2H3. The number of carbonyl (C=O) groups is 2. The molecular weight excluding hydrogens is 444 g/mol. The number of hydrogen-bond acceptors (Lipinski definition) is 6. The number of carbonyl (C=O) groups excluding carboxylic acids is 2. The van der Waals surface area contributed by atoms with E-state index in [1.165, 1.54) is 0 Å². The van der Waals surface area contributed by atoms with Crippen LogP contribution in [0.5, 0.6) is 0 Å². The van der Waals surface area contributed by atoms with Crippen molar-refractivity contribution in [2.75, 3.05) is 58.0 Å². The van der Waals surface area contributed by atoms with E-state index in [1.807, 2.05) is 41.0 Å². The lowest BCUT2D eigenvalue weighted by Gasteiger charge is -2.36. The highest BCUT2D eigenvalue weighted by Crippen LogP contribution is 2.25. The van der Waals surface area contributed by atoms with Crippen LogP contribution in [0, 0.1) is 6.92 Å². The molecule has 0 atom stereocenters. The van der Waals surface area contributed by atoms with Crippen LogP contribution < -0.4 is 4.90 Å². The summed E-state index contributed by atoms with van der Waals surface area (Å²) >= 11 is 0. The molecule has 0 bridgehead atoms. The van der Waals surface area contributed by atoms with Crippen molar-refractivity contribution in [1.29, 1.82) is 0 Å². The summed E-state index contributed by atoms with van der Waals surface area (Å²) in [7, 11) is 1.54. The summed E-state index contributed by atoms with van der Waals surface area (Å²) in [6.07, 6.45) is 6.22. The van der Waals surface area contributed by atoms with Crippen molar-refractivity contribution in [1.82, 2.24) is 14.8 Å². The quantitative estimate of drug-likeness (QED) is 0.670. The Balaban J connectivity index is 1.68. The van der Waals surface area contributed by atoms with Crippen molar-refractivity contribution in [2.45, 2.75) is 38.8 Å². The zero-order valence-corrected chi connectivity index (χ0v) is 20.8. The molecule has 1 aromatic heterocycles. The van der Waals surface area contributed by atoms with Crippen LogP contribution in [0.15, 0.2) is 42.7 Å². The van der Waals surface area contributed by atoms with Crippen molar-refractivity contribution >= 4 is 17.5 Å². The predicted molar refractivity (Wildman–Crippen MR) is 134 cm³/mol. The minimum absolute atomic E-state index is 0.0133. The number of fused-ring (bicyclic) bond motifs is 1. The first-order chi connectivity index (χ1) is 17.1. The second-order valence-electron chi connectivity index (χ2n) is 9.26. The number of hydrogen-bond donors (Lipinski definition) is 0. The van der Waals surface area contributed by atoms with Gasteiger partial charge in [-0.2, -0.15) is 0 Å². The van der Waals surface area contributed by atoms with Gasteiger partial charge in [-0.15, -0.1) is 0 Å². The van der Waals surface area contributed by atoms with Crippen molar-refractivity contribution in [2.24, 2.45) is 0 Å². The molecule has 1 aromatic carbocycles. The summed E-state index contributed by atoms with van der Waals surface area (Å²) in [6.45, 7) is 6.77. The fraction of sp³-hybridized carbons (Fsp3) is 0.519. The average Bonchev–Trinajstić information content (AvgIpc) is 2.92. The number of ether oxygens (including phenoxy) is 2. The monoisotopic (exact) mass is 480 g/mol. The van der Waals surface area contributed by atoms with Crippen LogP contribution in [0.25, 0.3) is 0 Å². The molecule has 1 fully saturated rings. The number of anilines is 1. The molecule has 0 spiro atoms. The molecule has 8 nitrogen and oxygen atoms in total. The van der Waals surface area contributed by atoms with Gasteiger partial charge in [0, 0.05) is 82.7 Å². The molecule has 0 unspecified atom stereocenters. The van der Waals surface area contributed by atoms with Gasteiger partial charge in [0.25, 0.3) is 11.8 Å². The van der Waals surface area contributed by atoms with Gasteiger partial charge in [-0.25, -0.2) is 0 Å². The van der Waals surface area contributed by atoms with E-state index in [9.17, 15) is 9.59 Å². The molecule has 1 saturated heterocycles. The summed E-state index contributed by atoms with van der Waals surface area (Å²) in [6, 6.07) is 10.1. The van der Waals surface area contributed by atoms with Crippen molar-refractivity contribution in [3.63, 3.8) is 0 Å². The van der Waals surface area contributed by atoms with Crippen molar-refractivity contribution in [3.05, 3.63) is 59.4 Å². The molecule has 0 aliphatic carbocycles. The Morgan fingerprint density at radius 1 is 1.09 bits per heavy atom. The molecule has 2 aliphatic heterocycles. The summed E-state index contributed by atoms with van der Waals surface area (Å²) in [5.74, 6) is -0.0830. The molecule has 2 aliphatic rings. The van der Waals surface area contributed by atoms with E-state index in [1.54, 1.807) is 25.6 Å². The van der Waals surface area contributed by atoms with Crippen molar-refractivity contribution in [3.8, 4) is 0 Å². The summed E-state index contributed by atoms with van der Waals surface area (Å²) in [5, 5.41) is 0. The van der Waals surface area contributed by atoms with Crippen LogP contribution in [0.4, 0.5) is 5.69 Å². The number of aryl methyl sites for hydroxylation is 1. The molecule has 0 saturated carbocycles. The van der Waals surface area contributed by atoms with Crippen LogP contribution >= 0.6 is 0 Å². The number of benzene rings is 1. The Morgan fingerprint density at radius 2 is 1.89 bits per heavy atom. The predicted octanol–water partition coefficient (Wildman–Crippen LogP) is 2.90. The van der Waals surface area contributed by atoms with Crippen molar-refractivity contribution < 1.29 is 19.1 Å². The van der Waals surface area contributed by atoms with Gasteiger partial charge in [-0.1, -0.05) is 18.2 Å². The van der Waals surface area contributed by atoms with Gasteiger partial charge in [0.1, 0.15) is 6.61 Å². The van der Waals surface area contributed by atoms with E-state index in [0.717, 1.165) is 62.4 Å². The Kier molecular flexibility index (Phi) is 8.84. The molecule has 2 aromatic rings. The molecule has 0 radical (unpaired) electrons. The maximum atomic E-state index is 13.7. The number of pyridine rings is 1. The van der Waals surface area contributed by atoms with Gasteiger partial charge in [-0.3, -0.25) is 19.5 Å². The topological polar surface area (TPSA) is 75.2 Å². The van der Waals surface area contributed by atoms with Gasteiger partial charge in [-0.05, 0) is 49.4 Å². The lowest BCUT2D eigenvalue weighted by Crippen LogP contribution is -2.45. The summed E-state index contributed by atoms with van der Waals surface area (Å²) < 4.78 is 10.8. The van der Waals surface area contributed by atoms with E-state index in [4.69, 9.17) is 9.47 Å². The van der Waals surface area contributed by atoms with E-state index in [2.05, 4.69) is 9.88 Å². The van der Waals surface area contributed by atoms with Crippen LogP contribution in [-0.2, 0) is 20.8 Å². The lowest BCUT2D eigenvalue weighted by molar-refractivity contribution is -0.122. The maximum Gasteiger partial charge on any atom is 0.254 e. The smallest absolute Gasteiger partial charge is 0.254 e. The van der Waals surface area contributed by atoms with Crippen LogP contribution in [0.1, 0.15) is 40.7 Å². The highest BCUT2D eigenvalue weighted by molar-refractivity contribution is 5.96. The first kappa shape index (κ1) is 25.3. The molecule has 188 valence electrons. The number of aromatic nitrogens is 1. The molecule has 2 amide bonds. The number of rotatable bonds is 4. The van der Waals surface area contributed by atoms with Gasteiger partial charge >= 0.3 is 0 Å². The van der Waals surface area contributed by atoms with E-state index in [-0.39, 0.29) is 18.4 Å². The van der Waals surface area contributed by atoms with Crippen LogP contribution in [0.2, 0.25) is 0 Å². The maximum absolute atomic E-state index is 13.7. The zero-order valence-electron chi connectivity index (χ0n) is 20.8. The Labute approximate surface area is 207 Å². The van der Waals surface area contributed by atoms with Gasteiger partial charge < -0.3 is 19.3 Å². The molecule has 8 heteroatoms. The van der Waals surface area contributed by atoms with E-state index >= 15 is 0 Å². The number of amides is 2. The number of nitrogens with zero attached hydrogens (tertiary/aromatic N) is 4. The fourth-order valence-corrected chi connectivity index (χ4v) is 5.04. The van der Waals surface area contributed by atoms with Gasteiger partial charge in [0.05, 0.1) is 0 Å².